The number of aliphatic hydroxyl groups excluding tert-OH is 1. The summed E-state index contributed by atoms with van der Waals surface area (Å²) >= 11 is 6.16. The fourth-order valence-electron chi connectivity index (χ4n) is 4.04. The number of aryl methyl sites for hydroxylation is 1. The number of ether oxygens (including phenoxy) is 2. The molecule has 5 unspecified atom stereocenters. The molecule has 1 aromatic carbocycles. The van der Waals surface area contributed by atoms with Crippen LogP contribution < -0.4 is 10.6 Å². The van der Waals surface area contributed by atoms with Crippen LogP contribution in [0.4, 0.5) is 0 Å². The van der Waals surface area contributed by atoms with Crippen LogP contribution in [0.15, 0.2) is 36.7 Å². The second kappa shape index (κ2) is 9.45. The average molecular weight is 435 g/mol. The highest BCUT2D eigenvalue weighted by Crippen LogP contribution is 2.35. The number of fused-ring (bicyclic) bond motifs is 1. The molecule has 2 aromatic rings. The molecule has 0 bridgehead atoms. The van der Waals surface area contributed by atoms with Crippen molar-refractivity contribution in [3.8, 4) is 0 Å². The molecule has 2 aliphatic heterocycles. The number of benzene rings is 1. The Hall–Kier alpha value is -1.97. The second-order valence-corrected chi connectivity index (χ2v) is 8.29. The highest BCUT2D eigenvalue weighted by molar-refractivity contribution is 6.31. The van der Waals surface area contributed by atoms with E-state index in [0.29, 0.717) is 31.1 Å². The summed E-state index contributed by atoms with van der Waals surface area (Å²) in [7, 11) is 1.83. The topological polar surface area (TPSA) is 97.6 Å². The molecule has 162 valence electrons. The number of rotatable bonds is 8. The zero-order valence-corrected chi connectivity index (χ0v) is 17.6. The third-order valence-corrected chi connectivity index (χ3v) is 5.93. The van der Waals surface area contributed by atoms with E-state index in [1.165, 1.54) is 0 Å². The fraction of sp³-hybridized carbons (Fsp3) is 0.524. The number of aliphatic hydroxyl groups is 1. The van der Waals surface area contributed by atoms with E-state index in [4.69, 9.17) is 21.1 Å². The maximum absolute atomic E-state index is 12.2. The van der Waals surface area contributed by atoms with Crippen LogP contribution in [0.1, 0.15) is 24.0 Å². The first-order chi connectivity index (χ1) is 14.5. The molecule has 3 heterocycles. The lowest BCUT2D eigenvalue weighted by atomic mass is 10.1. The summed E-state index contributed by atoms with van der Waals surface area (Å²) in [5.74, 6) is -0.0868. The predicted octanol–water partition coefficient (Wildman–Crippen LogP) is 1.16. The molecule has 0 radical (unpaired) electrons. The van der Waals surface area contributed by atoms with Crippen molar-refractivity contribution < 1.29 is 19.4 Å². The second-order valence-electron chi connectivity index (χ2n) is 7.89. The third-order valence-electron chi connectivity index (χ3n) is 5.56. The predicted molar refractivity (Wildman–Crippen MR) is 111 cm³/mol. The largest absolute Gasteiger partial charge is 0.388 e. The molecule has 5 atom stereocenters. The molecule has 1 aromatic heterocycles. The normalized spacial score (nSPS) is 27.9. The molecule has 0 aliphatic carbocycles. The Balaban J connectivity index is 1.19. The number of hydrogen-bond donors (Lipinski definition) is 3. The van der Waals surface area contributed by atoms with Crippen LogP contribution in [0.25, 0.3) is 0 Å². The molecule has 30 heavy (non-hydrogen) atoms. The van der Waals surface area contributed by atoms with Crippen LogP contribution in [0.3, 0.4) is 0 Å². The first-order valence-electron chi connectivity index (χ1n) is 10.2. The van der Waals surface area contributed by atoms with Crippen LogP contribution in [0.2, 0.25) is 5.02 Å². The molecule has 0 spiro atoms. The van der Waals surface area contributed by atoms with Gasteiger partial charge in [0.05, 0.1) is 30.9 Å². The van der Waals surface area contributed by atoms with Gasteiger partial charge in [-0.05, 0) is 11.6 Å². The SMILES string of the molecule is Cn1cc(CNC(=O)CC2CC3OC(CNCc4ccccc4Cl)C(O)C3O2)cn1. The van der Waals surface area contributed by atoms with E-state index in [2.05, 4.69) is 15.7 Å². The van der Waals surface area contributed by atoms with Gasteiger partial charge in [-0.2, -0.15) is 5.10 Å². The minimum atomic E-state index is -0.725. The van der Waals surface area contributed by atoms with E-state index in [1.807, 2.05) is 37.5 Å². The monoisotopic (exact) mass is 434 g/mol. The molecule has 4 rings (SSSR count). The Morgan fingerprint density at radius 2 is 2.17 bits per heavy atom. The van der Waals surface area contributed by atoms with E-state index < -0.39 is 12.2 Å². The van der Waals surface area contributed by atoms with Crippen molar-refractivity contribution in [1.29, 1.82) is 0 Å². The van der Waals surface area contributed by atoms with Gasteiger partial charge in [0.2, 0.25) is 5.91 Å². The number of halogens is 1. The Morgan fingerprint density at radius 3 is 2.90 bits per heavy atom. The minimum absolute atomic E-state index is 0.0868. The lowest BCUT2D eigenvalue weighted by Gasteiger charge is -2.20. The third kappa shape index (κ3) is 5.01. The minimum Gasteiger partial charge on any atom is -0.388 e. The van der Waals surface area contributed by atoms with Crippen molar-refractivity contribution >= 4 is 17.5 Å². The first-order valence-corrected chi connectivity index (χ1v) is 10.5. The summed E-state index contributed by atoms with van der Waals surface area (Å²) in [6.07, 6.45) is 2.53. The van der Waals surface area contributed by atoms with Crippen molar-refractivity contribution in [3.63, 3.8) is 0 Å². The summed E-state index contributed by atoms with van der Waals surface area (Å²) < 4.78 is 13.6. The van der Waals surface area contributed by atoms with Crippen LogP contribution in [0, 0.1) is 0 Å². The zero-order valence-electron chi connectivity index (χ0n) is 16.8. The summed E-state index contributed by atoms with van der Waals surface area (Å²) in [5, 5.41) is 21.5. The van der Waals surface area contributed by atoms with E-state index in [0.717, 1.165) is 11.1 Å². The number of hydrogen-bond acceptors (Lipinski definition) is 6. The van der Waals surface area contributed by atoms with Gasteiger partial charge in [-0.15, -0.1) is 0 Å². The molecule has 8 nitrogen and oxygen atoms in total. The van der Waals surface area contributed by atoms with Gasteiger partial charge in [0.1, 0.15) is 12.2 Å². The van der Waals surface area contributed by atoms with E-state index in [9.17, 15) is 9.90 Å². The molecule has 2 saturated heterocycles. The van der Waals surface area contributed by atoms with E-state index in [-0.39, 0.29) is 30.6 Å². The van der Waals surface area contributed by atoms with Crippen LogP contribution in [0.5, 0.6) is 0 Å². The summed E-state index contributed by atoms with van der Waals surface area (Å²) in [5.41, 5.74) is 1.95. The molecule has 2 aliphatic rings. The van der Waals surface area contributed by atoms with Gasteiger partial charge in [0, 0.05) is 49.9 Å². The molecule has 0 saturated carbocycles. The van der Waals surface area contributed by atoms with Crippen LogP contribution in [-0.2, 0) is 34.4 Å². The maximum Gasteiger partial charge on any atom is 0.222 e. The number of nitrogens with one attached hydrogen (secondary N) is 2. The summed E-state index contributed by atoms with van der Waals surface area (Å²) in [6.45, 7) is 1.53. The van der Waals surface area contributed by atoms with E-state index >= 15 is 0 Å². The highest BCUT2D eigenvalue weighted by atomic mass is 35.5. The number of carbonyl (C=O) groups is 1. The summed E-state index contributed by atoms with van der Waals surface area (Å²) in [6, 6.07) is 7.65. The van der Waals surface area contributed by atoms with Gasteiger partial charge in [-0.3, -0.25) is 9.48 Å². The lowest BCUT2D eigenvalue weighted by Crippen LogP contribution is -2.39. The van der Waals surface area contributed by atoms with Gasteiger partial charge in [0.15, 0.2) is 0 Å². The fourth-order valence-corrected chi connectivity index (χ4v) is 4.25. The average Bonchev–Trinajstić information content (AvgIpc) is 3.39. The van der Waals surface area contributed by atoms with Gasteiger partial charge in [-0.25, -0.2) is 0 Å². The van der Waals surface area contributed by atoms with E-state index in [1.54, 1.807) is 10.9 Å². The van der Waals surface area contributed by atoms with Crippen molar-refractivity contribution in [2.24, 2.45) is 7.05 Å². The standard InChI is InChI=1S/C21H27ClN4O4/c1-26-12-13(9-25-26)8-24-19(27)7-15-6-17-21(29-15)20(28)18(30-17)11-23-10-14-4-2-3-5-16(14)22/h2-5,9,12,15,17-18,20-21,23,28H,6-8,10-11H2,1H3,(H,24,27). The first kappa shape index (κ1) is 21.3. The Kier molecular flexibility index (Phi) is 6.70. The molecule has 3 N–H and O–H groups in total. The Bertz CT molecular complexity index is 876. The summed E-state index contributed by atoms with van der Waals surface area (Å²) in [4.78, 5) is 12.2. The Labute approximate surface area is 180 Å². The lowest BCUT2D eigenvalue weighted by molar-refractivity contribution is -0.124. The number of nitrogens with zero attached hydrogens (tertiary/aromatic N) is 2. The number of amides is 1. The number of aromatic nitrogens is 2. The molecule has 1 amide bonds. The molecule has 9 heteroatoms. The van der Waals surface area contributed by atoms with Gasteiger partial charge >= 0.3 is 0 Å². The van der Waals surface area contributed by atoms with Crippen LogP contribution in [-0.4, -0.2) is 57.9 Å². The number of carbonyl (C=O) groups excluding carboxylic acids is 1. The molecular formula is C21H27ClN4O4. The quantitative estimate of drug-likeness (QED) is 0.576. The van der Waals surface area contributed by atoms with Crippen molar-refractivity contribution in [1.82, 2.24) is 20.4 Å². The highest BCUT2D eigenvalue weighted by Gasteiger charge is 2.50. The Morgan fingerprint density at radius 1 is 1.33 bits per heavy atom. The van der Waals surface area contributed by atoms with Crippen molar-refractivity contribution in [2.45, 2.75) is 56.5 Å². The van der Waals surface area contributed by atoms with Crippen LogP contribution >= 0.6 is 11.6 Å². The molecule has 2 fully saturated rings. The van der Waals surface area contributed by atoms with Crippen molar-refractivity contribution in [3.05, 3.63) is 52.8 Å². The maximum atomic E-state index is 12.2. The zero-order chi connectivity index (χ0) is 21.1. The van der Waals surface area contributed by atoms with Gasteiger partial charge < -0.3 is 25.2 Å². The van der Waals surface area contributed by atoms with Gasteiger partial charge in [-0.1, -0.05) is 29.8 Å². The smallest absolute Gasteiger partial charge is 0.222 e. The van der Waals surface area contributed by atoms with Gasteiger partial charge in [0.25, 0.3) is 0 Å². The molecular weight excluding hydrogens is 408 g/mol. The van der Waals surface area contributed by atoms with Crippen molar-refractivity contribution in [2.75, 3.05) is 6.54 Å².